The summed E-state index contributed by atoms with van der Waals surface area (Å²) in [6.07, 6.45) is 0. The van der Waals surface area contributed by atoms with Crippen molar-refractivity contribution in [3.8, 4) is 11.1 Å². The highest BCUT2D eigenvalue weighted by atomic mass is 35.5. The summed E-state index contributed by atoms with van der Waals surface area (Å²) in [7, 11) is 0. The van der Waals surface area contributed by atoms with Crippen molar-refractivity contribution in [2.45, 2.75) is 20.4 Å². The number of carboxylic acid groups (broad SMARTS) is 1. The highest BCUT2D eigenvalue weighted by molar-refractivity contribution is 6.34. The van der Waals surface area contributed by atoms with Crippen LogP contribution in [0.1, 0.15) is 37.7 Å². The van der Waals surface area contributed by atoms with Crippen LogP contribution >= 0.6 is 23.2 Å². The van der Waals surface area contributed by atoms with Gasteiger partial charge in [-0.05, 0) is 72.5 Å². The zero-order valence-electron chi connectivity index (χ0n) is 18.3. The average Bonchev–Trinajstić information content (AvgIpc) is 3.13. The topological polar surface area (TPSA) is 97.1 Å². The largest absolute Gasteiger partial charge is 0.478 e. The van der Waals surface area contributed by atoms with E-state index in [-0.39, 0.29) is 11.3 Å². The minimum absolute atomic E-state index is 0.197. The number of nitrogens with one attached hydrogen (secondary N) is 1. The van der Waals surface area contributed by atoms with E-state index in [2.05, 4.69) is 15.6 Å². The first kappa shape index (κ1) is 23.5. The van der Waals surface area contributed by atoms with E-state index in [9.17, 15) is 14.7 Å². The monoisotopic (exact) mass is 494 g/mol. The van der Waals surface area contributed by atoms with Gasteiger partial charge in [0.1, 0.15) is 0 Å². The summed E-state index contributed by atoms with van der Waals surface area (Å²) in [5.74, 6) is -1.39. The van der Waals surface area contributed by atoms with E-state index >= 15 is 0 Å². The second-order valence-corrected chi connectivity index (χ2v) is 8.65. The first-order chi connectivity index (χ1) is 16.2. The Balaban J connectivity index is 1.55. The summed E-state index contributed by atoms with van der Waals surface area (Å²) in [5.41, 5.74) is 4.63. The van der Waals surface area contributed by atoms with Gasteiger partial charge in [-0.1, -0.05) is 52.7 Å². The van der Waals surface area contributed by atoms with Crippen molar-refractivity contribution >= 4 is 40.8 Å². The molecule has 1 heterocycles. The lowest BCUT2D eigenvalue weighted by Crippen LogP contribution is -2.14. The SMILES string of the molecule is Cc1c(C(=O)O)cccc1-c1cccc(NC(=O)c2nnn(Cc3cc(Cl)cc(Cl)c3)c2C)c1. The number of rotatable bonds is 6. The number of anilines is 1. The van der Waals surface area contributed by atoms with Crippen LogP contribution in [-0.4, -0.2) is 32.0 Å². The number of aromatic nitrogens is 3. The molecule has 0 unspecified atom stereocenters. The predicted octanol–water partition coefficient (Wildman–Crippen LogP) is 5.87. The van der Waals surface area contributed by atoms with Gasteiger partial charge in [-0.3, -0.25) is 4.79 Å². The predicted molar refractivity (Wildman–Crippen MR) is 132 cm³/mol. The van der Waals surface area contributed by atoms with Crippen LogP contribution in [-0.2, 0) is 6.54 Å². The molecule has 34 heavy (non-hydrogen) atoms. The maximum Gasteiger partial charge on any atom is 0.335 e. The number of hydrogen-bond acceptors (Lipinski definition) is 4. The summed E-state index contributed by atoms with van der Waals surface area (Å²) in [6, 6.07) is 17.5. The number of hydrogen-bond donors (Lipinski definition) is 2. The number of carbonyl (C=O) groups is 2. The van der Waals surface area contributed by atoms with Gasteiger partial charge in [0.2, 0.25) is 0 Å². The van der Waals surface area contributed by atoms with Crippen LogP contribution in [0.2, 0.25) is 10.0 Å². The number of aromatic carboxylic acids is 1. The minimum atomic E-state index is -0.984. The van der Waals surface area contributed by atoms with Crippen molar-refractivity contribution in [2.75, 3.05) is 5.32 Å². The van der Waals surface area contributed by atoms with Gasteiger partial charge in [0.15, 0.2) is 5.69 Å². The van der Waals surface area contributed by atoms with Crippen molar-refractivity contribution in [1.82, 2.24) is 15.0 Å². The third kappa shape index (κ3) is 4.95. The van der Waals surface area contributed by atoms with Crippen molar-refractivity contribution in [1.29, 1.82) is 0 Å². The molecule has 9 heteroatoms. The number of amides is 1. The Morgan fingerprint density at radius 3 is 2.41 bits per heavy atom. The molecule has 0 aliphatic carbocycles. The maximum atomic E-state index is 12.9. The van der Waals surface area contributed by atoms with Crippen LogP contribution in [0.4, 0.5) is 5.69 Å². The Morgan fingerprint density at radius 1 is 1.00 bits per heavy atom. The lowest BCUT2D eigenvalue weighted by Gasteiger charge is -2.11. The fourth-order valence-electron chi connectivity index (χ4n) is 3.73. The first-order valence-electron chi connectivity index (χ1n) is 10.3. The summed E-state index contributed by atoms with van der Waals surface area (Å²) in [4.78, 5) is 24.4. The maximum absolute atomic E-state index is 12.9. The molecule has 0 aliphatic rings. The van der Waals surface area contributed by atoms with E-state index < -0.39 is 11.9 Å². The van der Waals surface area contributed by atoms with E-state index in [1.54, 1.807) is 67.1 Å². The van der Waals surface area contributed by atoms with Gasteiger partial charge in [0.25, 0.3) is 5.91 Å². The number of benzene rings is 3. The first-order valence-corrected chi connectivity index (χ1v) is 11.1. The molecule has 1 aromatic heterocycles. The Bertz CT molecular complexity index is 1400. The Labute approximate surface area is 205 Å². The van der Waals surface area contributed by atoms with Crippen LogP contribution in [0.5, 0.6) is 0 Å². The zero-order chi connectivity index (χ0) is 24.4. The molecule has 4 rings (SSSR count). The normalized spacial score (nSPS) is 10.8. The molecule has 172 valence electrons. The molecule has 3 aromatic carbocycles. The van der Waals surface area contributed by atoms with Crippen molar-refractivity contribution in [3.63, 3.8) is 0 Å². The Hall–Kier alpha value is -3.68. The number of carbonyl (C=O) groups excluding carboxylic acids is 1. The number of nitrogens with zero attached hydrogens (tertiary/aromatic N) is 3. The quantitative estimate of drug-likeness (QED) is 0.349. The van der Waals surface area contributed by atoms with Crippen LogP contribution in [0.15, 0.2) is 60.7 Å². The molecule has 7 nitrogen and oxygen atoms in total. The summed E-state index contributed by atoms with van der Waals surface area (Å²) >= 11 is 12.1. The van der Waals surface area contributed by atoms with Crippen LogP contribution < -0.4 is 5.32 Å². The van der Waals surface area contributed by atoms with E-state index in [1.807, 2.05) is 12.1 Å². The molecule has 0 bridgehead atoms. The van der Waals surface area contributed by atoms with E-state index in [0.29, 0.717) is 33.5 Å². The van der Waals surface area contributed by atoms with E-state index in [1.165, 1.54) is 0 Å². The van der Waals surface area contributed by atoms with Gasteiger partial charge >= 0.3 is 5.97 Å². The molecule has 0 saturated heterocycles. The van der Waals surface area contributed by atoms with Gasteiger partial charge in [-0.25, -0.2) is 9.48 Å². The molecule has 4 aromatic rings. The standard InChI is InChI=1S/C25H20Cl2N4O3/c1-14-21(7-4-8-22(14)25(33)34)17-5-3-6-20(11-17)28-24(32)23-15(2)31(30-29-23)13-16-9-18(26)12-19(27)10-16/h3-12H,13H2,1-2H3,(H,28,32)(H,33,34). The van der Waals surface area contributed by atoms with Gasteiger partial charge in [-0.2, -0.15) is 0 Å². The summed E-state index contributed by atoms with van der Waals surface area (Å²) in [5, 5.41) is 21.4. The lowest BCUT2D eigenvalue weighted by atomic mass is 9.96. The highest BCUT2D eigenvalue weighted by Crippen LogP contribution is 2.28. The molecular formula is C25H20Cl2N4O3. The third-order valence-corrected chi connectivity index (χ3v) is 5.88. The molecular weight excluding hydrogens is 475 g/mol. The Morgan fingerprint density at radius 2 is 1.71 bits per heavy atom. The Kier molecular flexibility index (Phi) is 6.68. The molecule has 1 amide bonds. The molecule has 0 atom stereocenters. The van der Waals surface area contributed by atoms with Crippen LogP contribution in [0.25, 0.3) is 11.1 Å². The lowest BCUT2D eigenvalue weighted by molar-refractivity contribution is 0.0696. The van der Waals surface area contributed by atoms with Crippen molar-refractivity contribution in [3.05, 3.63) is 98.8 Å². The van der Waals surface area contributed by atoms with E-state index in [4.69, 9.17) is 23.2 Å². The van der Waals surface area contributed by atoms with Gasteiger partial charge < -0.3 is 10.4 Å². The number of halogens is 2. The average molecular weight is 495 g/mol. The van der Waals surface area contributed by atoms with E-state index in [0.717, 1.165) is 16.7 Å². The fourth-order valence-corrected chi connectivity index (χ4v) is 4.30. The second-order valence-electron chi connectivity index (χ2n) is 7.78. The molecule has 0 fully saturated rings. The highest BCUT2D eigenvalue weighted by Gasteiger charge is 2.18. The third-order valence-electron chi connectivity index (χ3n) is 5.45. The molecule has 0 saturated carbocycles. The van der Waals surface area contributed by atoms with Gasteiger partial charge in [0, 0.05) is 15.7 Å². The molecule has 0 spiro atoms. The zero-order valence-corrected chi connectivity index (χ0v) is 19.9. The second kappa shape index (κ2) is 9.67. The minimum Gasteiger partial charge on any atom is -0.478 e. The summed E-state index contributed by atoms with van der Waals surface area (Å²) in [6.45, 7) is 3.89. The van der Waals surface area contributed by atoms with Crippen molar-refractivity contribution < 1.29 is 14.7 Å². The molecule has 2 N–H and O–H groups in total. The fraction of sp³-hybridized carbons (Fsp3) is 0.120. The van der Waals surface area contributed by atoms with Gasteiger partial charge in [0.05, 0.1) is 17.8 Å². The summed E-state index contributed by atoms with van der Waals surface area (Å²) < 4.78 is 1.61. The molecule has 0 radical (unpaired) electrons. The van der Waals surface area contributed by atoms with Gasteiger partial charge in [-0.15, -0.1) is 5.10 Å². The van der Waals surface area contributed by atoms with Crippen LogP contribution in [0.3, 0.4) is 0 Å². The molecule has 0 aliphatic heterocycles. The van der Waals surface area contributed by atoms with Crippen LogP contribution in [0, 0.1) is 13.8 Å². The smallest absolute Gasteiger partial charge is 0.335 e. The number of carboxylic acids is 1. The van der Waals surface area contributed by atoms with Crippen molar-refractivity contribution in [2.24, 2.45) is 0 Å².